The first-order valence-corrected chi connectivity index (χ1v) is 7.41. The van der Waals surface area contributed by atoms with Crippen LogP contribution in [0.3, 0.4) is 0 Å². The number of hydrogen-bond acceptors (Lipinski definition) is 4. The van der Waals surface area contributed by atoms with E-state index >= 15 is 0 Å². The van der Waals surface area contributed by atoms with Crippen LogP contribution in [0, 0.1) is 24.1 Å². The Hall–Kier alpha value is -2.59. The lowest BCUT2D eigenvalue weighted by Crippen LogP contribution is -2.16. The minimum Gasteiger partial charge on any atom is -0.398 e. The number of sulfonamides is 1. The van der Waals surface area contributed by atoms with Crippen LogP contribution < -0.4 is 10.5 Å². The van der Waals surface area contributed by atoms with Gasteiger partial charge in [-0.1, -0.05) is 12.1 Å². The summed E-state index contributed by atoms with van der Waals surface area (Å²) < 4.78 is 39.9. The molecule has 0 radical (unpaired) electrons. The van der Waals surface area contributed by atoms with Crippen molar-refractivity contribution in [1.29, 1.82) is 5.26 Å². The molecule has 2 aromatic carbocycles. The highest BCUT2D eigenvalue weighted by atomic mass is 32.2. The fraction of sp³-hybridized carbons (Fsp3) is 0.0714. The molecule has 0 spiro atoms. The number of nitriles is 1. The third kappa shape index (κ3) is 2.95. The minimum atomic E-state index is -4.00. The Balaban J connectivity index is 2.48. The number of benzene rings is 2. The summed E-state index contributed by atoms with van der Waals surface area (Å²) in [4.78, 5) is -0.241. The van der Waals surface area contributed by atoms with Gasteiger partial charge in [0.2, 0.25) is 0 Å². The lowest BCUT2D eigenvalue weighted by molar-refractivity contribution is 0.600. The summed E-state index contributed by atoms with van der Waals surface area (Å²) in [6, 6.07) is 9.75. The van der Waals surface area contributed by atoms with Crippen molar-refractivity contribution in [1.82, 2.24) is 0 Å². The van der Waals surface area contributed by atoms with Gasteiger partial charge in [-0.05, 0) is 36.8 Å². The molecule has 2 aromatic rings. The fourth-order valence-electron chi connectivity index (χ4n) is 1.86. The number of nitrogens with zero attached hydrogens (tertiary/aromatic N) is 1. The summed E-state index contributed by atoms with van der Waals surface area (Å²) in [6.07, 6.45) is 0. The zero-order chi connectivity index (χ0) is 15.6. The Morgan fingerprint density at radius 3 is 2.62 bits per heavy atom. The van der Waals surface area contributed by atoms with Gasteiger partial charge < -0.3 is 5.73 Å². The number of aryl methyl sites for hydroxylation is 1. The highest BCUT2D eigenvalue weighted by molar-refractivity contribution is 7.92. The van der Waals surface area contributed by atoms with Gasteiger partial charge in [0.1, 0.15) is 16.8 Å². The van der Waals surface area contributed by atoms with E-state index in [1.165, 1.54) is 6.07 Å². The molecule has 0 saturated heterocycles. The molecule has 0 aliphatic rings. The Kier molecular flexibility index (Phi) is 3.82. The van der Waals surface area contributed by atoms with Crippen molar-refractivity contribution in [3.63, 3.8) is 0 Å². The first-order valence-electron chi connectivity index (χ1n) is 5.92. The third-order valence-electron chi connectivity index (χ3n) is 2.89. The van der Waals surface area contributed by atoms with Gasteiger partial charge in [-0.2, -0.15) is 5.26 Å². The molecule has 0 heterocycles. The quantitative estimate of drug-likeness (QED) is 0.851. The number of anilines is 2. The zero-order valence-corrected chi connectivity index (χ0v) is 11.9. The Bertz CT molecular complexity index is 842. The van der Waals surface area contributed by atoms with Crippen molar-refractivity contribution in [2.75, 3.05) is 10.5 Å². The number of nitrogen functional groups attached to an aromatic ring is 1. The fourth-order valence-corrected chi connectivity index (χ4v) is 3.05. The van der Waals surface area contributed by atoms with Crippen molar-refractivity contribution in [2.45, 2.75) is 11.8 Å². The van der Waals surface area contributed by atoms with Crippen LogP contribution >= 0.6 is 0 Å². The summed E-state index contributed by atoms with van der Waals surface area (Å²) in [5.74, 6) is -0.625. The zero-order valence-electron chi connectivity index (χ0n) is 11.1. The Morgan fingerprint density at radius 2 is 2.00 bits per heavy atom. The average molecular weight is 305 g/mol. The molecular formula is C14H12FN3O2S. The largest absolute Gasteiger partial charge is 0.398 e. The van der Waals surface area contributed by atoms with Crippen molar-refractivity contribution in [3.8, 4) is 6.07 Å². The molecule has 0 unspecified atom stereocenters. The van der Waals surface area contributed by atoms with E-state index < -0.39 is 15.8 Å². The maximum Gasteiger partial charge on any atom is 0.263 e. The van der Waals surface area contributed by atoms with E-state index in [0.717, 1.165) is 18.2 Å². The summed E-state index contributed by atoms with van der Waals surface area (Å²) in [5.41, 5.74) is 6.36. The smallest absolute Gasteiger partial charge is 0.263 e. The van der Waals surface area contributed by atoms with E-state index in [2.05, 4.69) is 4.72 Å². The van der Waals surface area contributed by atoms with E-state index in [-0.39, 0.29) is 21.8 Å². The van der Waals surface area contributed by atoms with Crippen molar-refractivity contribution in [2.24, 2.45) is 0 Å². The van der Waals surface area contributed by atoms with Gasteiger partial charge in [0.05, 0.1) is 16.9 Å². The lowest BCUT2D eigenvalue weighted by Gasteiger charge is -2.12. The van der Waals surface area contributed by atoms with Gasteiger partial charge in [0.25, 0.3) is 10.0 Å². The van der Waals surface area contributed by atoms with Crippen molar-refractivity contribution < 1.29 is 12.8 Å². The number of hydrogen-bond donors (Lipinski definition) is 2. The summed E-state index contributed by atoms with van der Waals surface area (Å²) in [7, 11) is -4.00. The molecule has 0 aliphatic heterocycles. The van der Waals surface area contributed by atoms with Gasteiger partial charge in [-0.3, -0.25) is 4.72 Å². The van der Waals surface area contributed by atoms with Gasteiger partial charge in [0, 0.05) is 0 Å². The number of halogens is 1. The minimum absolute atomic E-state index is 0.154. The summed E-state index contributed by atoms with van der Waals surface area (Å²) in [6.45, 7) is 1.70. The number of rotatable bonds is 3. The van der Waals surface area contributed by atoms with E-state index in [4.69, 9.17) is 11.0 Å². The molecule has 108 valence electrons. The Morgan fingerprint density at radius 1 is 1.29 bits per heavy atom. The maximum atomic E-state index is 13.0. The van der Waals surface area contributed by atoms with Crippen LogP contribution in [0.5, 0.6) is 0 Å². The molecule has 0 amide bonds. The van der Waals surface area contributed by atoms with Gasteiger partial charge >= 0.3 is 0 Å². The maximum absolute atomic E-state index is 13.0. The summed E-state index contributed by atoms with van der Waals surface area (Å²) in [5, 5.41) is 9.10. The summed E-state index contributed by atoms with van der Waals surface area (Å²) >= 11 is 0. The van der Waals surface area contributed by atoms with Crippen LogP contribution in [0.4, 0.5) is 15.8 Å². The van der Waals surface area contributed by atoms with Crippen LogP contribution in [-0.4, -0.2) is 8.42 Å². The van der Waals surface area contributed by atoms with E-state index in [9.17, 15) is 12.8 Å². The predicted octanol–water partition coefficient (Wildman–Crippen LogP) is 2.39. The average Bonchev–Trinajstić information content (AvgIpc) is 2.38. The highest BCUT2D eigenvalue weighted by Crippen LogP contribution is 2.25. The highest BCUT2D eigenvalue weighted by Gasteiger charge is 2.19. The second-order valence-electron chi connectivity index (χ2n) is 4.40. The molecular weight excluding hydrogens is 293 g/mol. The van der Waals surface area contributed by atoms with Crippen molar-refractivity contribution in [3.05, 3.63) is 53.3 Å². The molecule has 3 N–H and O–H groups in total. The van der Waals surface area contributed by atoms with Crippen LogP contribution in [0.2, 0.25) is 0 Å². The van der Waals surface area contributed by atoms with Crippen LogP contribution in [0.25, 0.3) is 0 Å². The van der Waals surface area contributed by atoms with Crippen LogP contribution in [-0.2, 0) is 10.0 Å². The molecule has 21 heavy (non-hydrogen) atoms. The first-order chi connectivity index (χ1) is 9.85. The number of nitrogens with one attached hydrogen (secondary N) is 1. The second kappa shape index (κ2) is 5.42. The van der Waals surface area contributed by atoms with Gasteiger partial charge in [0.15, 0.2) is 0 Å². The van der Waals surface area contributed by atoms with Gasteiger partial charge in [-0.25, -0.2) is 12.8 Å². The molecule has 0 fully saturated rings. The van der Waals surface area contributed by atoms with Crippen LogP contribution in [0.1, 0.15) is 11.1 Å². The molecule has 0 bridgehead atoms. The predicted molar refractivity (Wildman–Crippen MR) is 77.5 cm³/mol. The standard InChI is InChI=1S/C14H12FN3O2S/c1-9-3-2-4-13(11(9)8-16)18-21(19,20)14-6-5-10(15)7-12(14)17/h2-7,18H,17H2,1H3. The molecule has 0 saturated carbocycles. The van der Waals surface area contributed by atoms with E-state index in [1.807, 2.05) is 6.07 Å². The first kappa shape index (κ1) is 14.8. The number of nitrogens with two attached hydrogens (primary N) is 1. The monoisotopic (exact) mass is 305 g/mol. The topological polar surface area (TPSA) is 96.0 Å². The normalized spacial score (nSPS) is 10.9. The molecule has 0 aliphatic carbocycles. The van der Waals surface area contributed by atoms with E-state index in [1.54, 1.807) is 19.1 Å². The molecule has 2 rings (SSSR count). The SMILES string of the molecule is Cc1cccc(NS(=O)(=O)c2ccc(F)cc2N)c1C#N. The molecule has 0 aromatic heterocycles. The molecule has 0 atom stereocenters. The van der Waals surface area contributed by atoms with Gasteiger partial charge in [-0.15, -0.1) is 0 Å². The van der Waals surface area contributed by atoms with Crippen molar-refractivity contribution >= 4 is 21.4 Å². The molecule has 5 nitrogen and oxygen atoms in total. The second-order valence-corrected chi connectivity index (χ2v) is 6.05. The lowest BCUT2D eigenvalue weighted by atomic mass is 10.1. The van der Waals surface area contributed by atoms with Crippen LogP contribution in [0.15, 0.2) is 41.3 Å². The molecule has 7 heteroatoms. The van der Waals surface area contributed by atoms with E-state index in [0.29, 0.717) is 5.56 Å². The third-order valence-corrected chi connectivity index (χ3v) is 4.33. The Labute approximate surface area is 121 Å².